The topological polar surface area (TPSA) is 29.5 Å². The molecule has 1 aliphatic heterocycles. The Balaban J connectivity index is 1.62. The van der Waals surface area contributed by atoms with Crippen LogP contribution in [0.25, 0.3) is 0 Å². The third-order valence-corrected chi connectivity index (χ3v) is 4.38. The van der Waals surface area contributed by atoms with E-state index in [9.17, 15) is 5.11 Å². The summed E-state index contributed by atoms with van der Waals surface area (Å²) in [4.78, 5) is 0. The minimum Gasteiger partial charge on any atom is -0.393 e. The first kappa shape index (κ1) is 9.17. The van der Waals surface area contributed by atoms with Gasteiger partial charge in [0.25, 0.3) is 0 Å². The maximum Gasteiger partial charge on any atom is 0.0686 e. The Morgan fingerprint density at radius 1 is 1.14 bits per heavy atom. The minimum absolute atomic E-state index is 0.0172. The fraction of sp³-hybridized carbons (Fsp3) is 1.00. The van der Waals surface area contributed by atoms with Gasteiger partial charge in [0, 0.05) is 6.61 Å². The predicted octanol–water partition coefficient (Wildman–Crippen LogP) is 2.11. The van der Waals surface area contributed by atoms with Crippen molar-refractivity contribution < 1.29 is 9.84 Å². The van der Waals surface area contributed by atoms with Crippen molar-refractivity contribution in [3.8, 4) is 0 Å². The van der Waals surface area contributed by atoms with E-state index in [1.807, 2.05) is 0 Å². The van der Waals surface area contributed by atoms with E-state index in [1.165, 1.54) is 32.1 Å². The van der Waals surface area contributed by atoms with Crippen LogP contribution in [0, 0.1) is 11.8 Å². The van der Waals surface area contributed by atoms with E-state index in [4.69, 9.17) is 4.74 Å². The van der Waals surface area contributed by atoms with Gasteiger partial charge in [0.2, 0.25) is 0 Å². The molecule has 1 N–H and O–H groups in total. The molecule has 0 radical (unpaired) electrons. The van der Waals surface area contributed by atoms with E-state index in [0.717, 1.165) is 19.4 Å². The fourth-order valence-electron chi connectivity index (χ4n) is 3.10. The minimum atomic E-state index is -0.0172. The van der Waals surface area contributed by atoms with E-state index >= 15 is 0 Å². The van der Waals surface area contributed by atoms with E-state index in [2.05, 4.69) is 0 Å². The molecule has 1 spiro atoms. The molecule has 0 amide bonds. The van der Waals surface area contributed by atoms with Gasteiger partial charge in [-0.3, -0.25) is 0 Å². The van der Waals surface area contributed by atoms with Gasteiger partial charge in [-0.05, 0) is 56.8 Å². The van der Waals surface area contributed by atoms with Crippen molar-refractivity contribution in [2.24, 2.45) is 11.8 Å². The van der Waals surface area contributed by atoms with Crippen LogP contribution in [0.4, 0.5) is 0 Å². The average Bonchev–Trinajstić information content (AvgIpc) is 2.98. The highest BCUT2D eigenvalue weighted by atomic mass is 16.5. The molecule has 3 fully saturated rings. The summed E-state index contributed by atoms with van der Waals surface area (Å²) >= 11 is 0. The highest BCUT2D eigenvalue weighted by Crippen LogP contribution is 2.47. The quantitative estimate of drug-likeness (QED) is 0.733. The molecular formula is C12H20O2. The molecule has 0 aromatic carbocycles. The normalized spacial score (nSPS) is 37.9. The van der Waals surface area contributed by atoms with Gasteiger partial charge in [-0.25, -0.2) is 0 Å². The summed E-state index contributed by atoms with van der Waals surface area (Å²) in [5, 5.41) is 10.1. The van der Waals surface area contributed by atoms with Gasteiger partial charge >= 0.3 is 0 Å². The first-order valence-electron chi connectivity index (χ1n) is 6.11. The van der Waals surface area contributed by atoms with Crippen molar-refractivity contribution in [1.29, 1.82) is 0 Å². The zero-order valence-electron chi connectivity index (χ0n) is 8.74. The Morgan fingerprint density at radius 3 is 2.50 bits per heavy atom. The zero-order valence-corrected chi connectivity index (χ0v) is 8.74. The molecule has 1 saturated heterocycles. The van der Waals surface area contributed by atoms with Crippen molar-refractivity contribution in [1.82, 2.24) is 0 Å². The zero-order chi connectivity index (χ0) is 9.60. The second-order valence-corrected chi connectivity index (χ2v) is 5.47. The molecule has 14 heavy (non-hydrogen) atoms. The number of aliphatic hydroxyl groups excluding tert-OH is 1. The van der Waals surface area contributed by atoms with Crippen LogP contribution in [0.5, 0.6) is 0 Å². The van der Waals surface area contributed by atoms with Crippen molar-refractivity contribution in [2.45, 2.75) is 56.7 Å². The summed E-state index contributed by atoms with van der Waals surface area (Å²) in [5.41, 5.74) is 0.207. The smallest absolute Gasteiger partial charge is 0.0686 e. The molecule has 2 nitrogen and oxygen atoms in total. The molecule has 0 bridgehead atoms. The van der Waals surface area contributed by atoms with Gasteiger partial charge in [0.05, 0.1) is 11.7 Å². The van der Waals surface area contributed by atoms with Gasteiger partial charge in [0.15, 0.2) is 0 Å². The number of ether oxygens (including phenoxy) is 1. The lowest BCUT2D eigenvalue weighted by molar-refractivity contribution is -0.158. The highest BCUT2D eigenvalue weighted by molar-refractivity contribution is 4.97. The van der Waals surface area contributed by atoms with E-state index in [-0.39, 0.29) is 11.7 Å². The maximum absolute atomic E-state index is 10.1. The Kier molecular flexibility index (Phi) is 2.10. The van der Waals surface area contributed by atoms with Crippen molar-refractivity contribution >= 4 is 0 Å². The van der Waals surface area contributed by atoms with Crippen LogP contribution >= 0.6 is 0 Å². The maximum atomic E-state index is 10.1. The lowest BCUT2D eigenvalue weighted by Crippen LogP contribution is -2.48. The Morgan fingerprint density at radius 2 is 1.93 bits per heavy atom. The van der Waals surface area contributed by atoms with Gasteiger partial charge in [-0.1, -0.05) is 0 Å². The molecule has 3 rings (SSSR count). The van der Waals surface area contributed by atoms with Gasteiger partial charge < -0.3 is 9.84 Å². The van der Waals surface area contributed by atoms with Crippen LogP contribution in [0.15, 0.2) is 0 Å². The van der Waals surface area contributed by atoms with Crippen molar-refractivity contribution in [3.63, 3.8) is 0 Å². The number of rotatable bonds is 2. The van der Waals surface area contributed by atoms with E-state index < -0.39 is 0 Å². The van der Waals surface area contributed by atoms with E-state index in [0.29, 0.717) is 11.8 Å². The Hall–Kier alpha value is -0.0800. The lowest BCUT2D eigenvalue weighted by atomic mass is 9.70. The third-order valence-electron chi connectivity index (χ3n) is 4.38. The molecule has 0 aromatic rings. The molecule has 0 aromatic heterocycles. The van der Waals surface area contributed by atoms with Gasteiger partial charge in [0.1, 0.15) is 0 Å². The molecule has 80 valence electrons. The first-order chi connectivity index (χ1) is 6.79. The number of hydrogen-bond donors (Lipinski definition) is 1. The van der Waals surface area contributed by atoms with Gasteiger partial charge in [-0.15, -0.1) is 0 Å². The predicted molar refractivity (Wildman–Crippen MR) is 54.0 cm³/mol. The van der Waals surface area contributed by atoms with Crippen LogP contribution in [0.1, 0.15) is 44.9 Å². The first-order valence-corrected chi connectivity index (χ1v) is 6.11. The average molecular weight is 196 g/mol. The van der Waals surface area contributed by atoms with Crippen LogP contribution in [-0.2, 0) is 4.74 Å². The fourth-order valence-corrected chi connectivity index (χ4v) is 3.10. The second-order valence-electron chi connectivity index (χ2n) is 5.47. The summed E-state index contributed by atoms with van der Waals surface area (Å²) < 4.78 is 5.87. The second kappa shape index (κ2) is 3.21. The van der Waals surface area contributed by atoms with Crippen LogP contribution in [0.2, 0.25) is 0 Å². The summed E-state index contributed by atoms with van der Waals surface area (Å²) in [6, 6.07) is 0. The van der Waals surface area contributed by atoms with E-state index in [1.54, 1.807) is 0 Å². The Labute approximate surface area is 85.6 Å². The van der Waals surface area contributed by atoms with Crippen molar-refractivity contribution in [2.75, 3.05) is 6.61 Å². The molecule has 2 saturated carbocycles. The van der Waals surface area contributed by atoms with Crippen LogP contribution in [0.3, 0.4) is 0 Å². The summed E-state index contributed by atoms with van der Waals surface area (Å²) in [6.45, 7) is 0.883. The Bertz CT molecular complexity index is 218. The van der Waals surface area contributed by atoms with Crippen LogP contribution < -0.4 is 0 Å². The lowest BCUT2D eigenvalue weighted by Gasteiger charge is -2.48. The van der Waals surface area contributed by atoms with Gasteiger partial charge in [-0.2, -0.15) is 0 Å². The monoisotopic (exact) mass is 196 g/mol. The summed E-state index contributed by atoms with van der Waals surface area (Å²) in [6.07, 6.45) is 8.51. The summed E-state index contributed by atoms with van der Waals surface area (Å²) in [7, 11) is 0. The molecule has 3 aliphatic rings. The molecule has 2 aliphatic carbocycles. The SMILES string of the molecule is OC(C1CC1)C1CCOC2(CCC2)C1. The van der Waals surface area contributed by atoms with Crippen molar-refractivity contribution in [3.05, 3.63) is 0 Å². The molecular weight excluding hydrogens is 176 g/mol. The molecule has 1 heterocycles. The summed E-state index contributed by atoms with van der Waals surface area (Å²) in [5.74, 6) is 1.17. The van der Waals surface area contributed by atoms with Crippen LogP contribution in [-0.4, -0.2) is 23.4 Å². The number of hydrogen-bond acceptors (Lipinski definition) is 2. The molecule has 2 atom stereocenters. The molecule has 2 unspecified atom stereocenters. The largest absolute Gasteiger partial charge is 0.393 e. The third kappa shape index (κ3) is 1.49. The highest BCUT2D eigenvalue weighted by Gasteiger charge is 2.46. The number of aliphatic hydroxyl groups is 1. The standard InChI is InChI=1S/C12H20O2/c13-11(9-2-3-9)10-4-7-14-12(8-10)5-1-6-12/h9-11,13H,1-8H2. The molecule has 2 heteroatoms.